The first kappa shape index (κ1) is 56.7. The molecular formula is C48H80NO10P. The van der Waals surface area contributed by atoms with Crippen molar-refractivity contribution in [3.05, 3.63) is 85.1 Å². The monoisotopic (exact) mass is 862 g/mol. The molecule has 1 amide bonds. The van der Waals surface area contributed by atoms with Crippen LogP contribution in [0.5, 0.6) is 0 Å². The van der Waals surface area contributed by atoms with Gasteiger partial charge in [0.2, 0.25) is 5.91 Å². The van der Waals surface area contributed by atoms with Crippen LogP contribution in [-0.4, -0.2) is 64.9 Å². The van der Waals surface area contributed by atoms with Gasteiger partial charge in [-0.25, -0.2) is 9.36 Å². The minimum atomic E-state index is -4.77. The second kappa shape index (κ2) is 42.4. The van der Waals surface area contributed by atoms with Crippen molar-refractivity contribution in [3.8, 4) is 0 Å². The number of phosphoric ester groups is 1. The highest BCUT2D eigenvalue weighted by atomic mass is 31.2. The Hall–Kier alpha value is -3.34. The summed E-state index contributed by atoms with van der Waals surface area (Å²) in [5, 5.41) is 21.8. The van der Waals surface area contributed by atoms with Crippen molar-refractivity contribution in [3.63, 3.8) is 0 Å². The molecule has 0 radical (unpaired) electrons. The summed E-state index contributed by atoms with van der Waals surface area (Å²) in [6.07, 6.45) is 51.7. The Kier molecular flexibility index (Phi) is 40.0. The number of esters is 1. The van der Waals surface area contributed by atoms with Crippen molar-refractivity contribution in [2.24, 2.45) is 0 Å². The number of aliphatic hydroxyl groups excluding tert-OH is 1. The molecule has 0 aliphatic rings. The normalized spacial score (nSPS) is 14.5. The number of phosphoric acid groups is 1. The third kappa shape index (κ3) is 41.4. The number of ether oxygens (including phenoxy) is 1. The van der Waals surface area contributed by atoms with Crippen LogP contribution >= 0.6 is 7.82 Å². The fourth-order valence-electron chi connectivity index (χ4n) is 5.66. The molecule has 0 rings (SSSR count). The van der Waals surface area contributed by atoms with E-state index >= 15 is 0 Å². The number of hydrogen-bond donors (Lipinski definition) is 4. The minimum Gasteiger partial charge on any atom is -0.480 e. The van der Waals surface area contributed by atoms with Gasteiger partial charge in [-0.05, 0) is 89.9 Å². The number of unbranched alkanes of at least 4 members (excludes halogenated alkanes) is 13. The number of carboxylic acid groups (broad SMARTS) is 1. The number of carbonyl (C=O) groups excluding carboxylic acids is 2. The number of hydrogen-bond acceptors (Lipinski definition) is 8. The molecule has 12 heteroatoms. The molecule has 60 heavy (non-hydrogen) atoms. The minimum absolute atomic E-state index is 0.110. The Morgan fingerprint density at radius 3 is 1.47 bits per heavy atom. The van der Waals surface area contributed by atoms with E-state index in [2.05, 4.69) is 104 Å². The van der Waals surface area contributed by atoms with Gasteiger partial charge < -0.3 is 25.2 Å². The Morgan fingerprint density at radius 1 is 0.550 bits per heavy atom. The second-order valence-electron chi connectivity index (χ2n) is 14.9. The fraction of sp³-hybridized carbons (Fsp3) is 0.646. The van der Waals surface area contributed by atoms with Crippen LogP contribution in [0.1, 0.15) is 168 Å². The van der Waals surface area contributed by atoms with Crippen LogP contribution in [0.2, 0.25) is 0 Å². The molecule has 0 saturated carbocycles. The molecular weight excluding hydrogens is 781 g/mol. The number of carbonyl (C=O) groups is 3. The van der Waals surface area contributed by atoms with Crippen LogP contribution in [0, 0.1) is 0 Å². The molecule has 0 aliphatic heterocycles. The van der Waals surface area contributed by atoms with Crippen LogP contribution < -0.4 is 5.32 Å². The Morgan fingerprint density at radius 2 is 0.967 bits per heavy atom. The molecule has 0 aliphatic carbocycles. The molecule has 0 aromatic carbocycles. The molecule has 0 spiro atoms. The van der Waals surface area contributed by atoms with Gasteiger partial charge >= 0.3 is 19.8 Å². The first-order chi connectivity index (χ1) is 29.1. The lowest BCUT2D eigenvalue weighted by Gasteiger charge is -2.18. The lowest BCUT2D eigenvalue weighted by molar-refractivity contribution is -0.147. The lowest BCUT2D eigenvalue weighted by Crippen LogP contribution is -2.43. The lowest BCUT2D eigenvalue weighted by atomic mass is 10.1. The van der Waals surface area contributed by atoms with Crippen LogP contribution in [0.25, 0.3) is 0 Å². The summed E-state index contributed by atoms with van der Waals surface area (Å²) >= 11 is 0. The van der Waals surface area contributed by atoms with E-state index in [4.69, 9.17) is 13.8 Å². The summed E-state index contributed by atoms with van der Waals surface area (Å²) in [6, 6.07) is -1.57. The summed E-state index contributed by atoms with van der Waals surface area (Å²) in [5.74, 6) is -2.43. The first-order valence-electron chi connectivity index (χ1n) is 22.6. The van der Waals surface area contributed by atoms with Crippen molar-refractivity contribution in [1.29, 1.82) is 0 Å². The third-order valence-corrected chi connectivity index (χ3v) is 10.1. The van der Waals surface area contributed by atoms with Crippen LogP contribution in [0.3, 0.4) is 0 Å². The molecule has 0 fully saturated rings. The van der Waals surface area contributed by atoms with Gasteiger partial charge in [-0.1, -0.05) is 150 Å². The second-order valence-corrected chi connectivity index (χ2v) is 16.3. The van der Waals surface area contributed by atoms with Gasteiger partial charge in [-0.15, -0.1) is 0 Å². The largest absolute Gasteiger partial charge is 0.480 e. The fourth-order valence-corrected chi connectivity index (χ4v) is 6.44. The number of rotatable bonds is 41. The predicted octanol–water partition coefficient (Wildman–Crippen LogP) is 11.9. The van der Waals surface area contributed by atoms with Crippen LogP contribution in [0.4, 0.5) is 0 Å². The number of aliphatic hydroxyl groups is 1. The molecule has 0 saturated heterocycles. The Balaban J connectivity index is 3.98. The van der Waals surface area contributed by atoms with E-state index in [0.29, 0.717) is 12.8 Å². The maximum Gasteiger partial charge on any atom is 0.472 e. The van der Waals surface area contributed by atoms with E-state index in [9.17, 15) is 34.1 Å². The first-order valence-corrected chi connectivity index (χ1v) is 24.1. The van der Waals surface area contributed by atoms with Gasteiger partial charge in [0.1, 0.15) is 12.7 Å². The summed E-state index contributed by atoms with van der Waals surface area (Å²) < 4.78 is 26.8. The van der Waals surface area contributed by atoms with Crippen molar-refractivity contribution in [2.45, 2.75) is 180 Å². The Labute approximate surface area is 362 Å². The van der Waals surface area contributed by atoms with E-state index in [1.807, 2.05) is 0 Å². The highest BCUT2D eigenvalue weighted by Crippen LogP contribution is 2.43. The highest BCUT2D eigenvalue weighted by Gasteiger charge is 2.28. The highest BCUT2D eigenvalue weighted by molar-refractivity contribution is 7.47. The van der Waals surface area contributed by atoms with Gasteiger partial charge in [-0.3, -0.25) is 18.6 Å². The number of aliphatic carboxylic acids is 1. The third-order valence-electron chi connectivity index (χ3n) is 9.17. The average Bonchev–Trinajstić information content (AvgIpc) is 3.22. The SMILES string of the molecule is CC/C=C\C/C=C\C/C=C\C/C=C\C/C=C\C/C=C\CCCCCCC(=O)NC(COP(=O)(O)OCC(O)COC(=O)CCCCCCC/C=C\CCCCCC)C(=O)O. The summed E-state index contributed by atoms with van der Waals surface area (Å²) in [6.45, 7) is 2.42. The number of nitrogens with one attached hydrogen (secondary N) is 1. The smallest absolute Gasteiger partial charge is 0.472 e. The zero-order valence-electron chi connectivity index (χ0n) is 37.0. The van der Waals surface area contributed by atoms with Gasteiger partial charge in [0.15, 0.2) is 6.04 Å². The Bertz CT molecular complexity index is 1340. The van der Waals surface area contributed by atoms with E-state index in [1.165, 1.54) is 25.7 Å². The molecule has 0 aromatic heterocycles. The van der Waals surface area contributed by atoms with Crippen molar-refractivity contribution < 1.29 is 47.8 Å². The van der Waals surface area contributed by atoms with Crippen LogP contribution in [-0.2, 0) is 32.7 Å². The van der Waals surface area contributed by atoms with E-state index in [-0.39, 0.29) is 12.8 Å². The summed E-state index contributed by atoms with van der Waals surface area (Å²) in [4.78, 5) is 45.9. The zero-order valence-corrected chi connectivity index (χ0v) is 37.9. The molecule has 11 nitrogen and oxygen atoms in total. The topological polar surface area (TPSA) is 169 Å². The van der Waals surface area contributed by atoms with E-state index in [1.54, 1.807) is 0 Å². The number of allylic oxidation sites excluding steroid dienone is 14. The molecule has 3 unspecified atom stereocenters. The van der Waals surface area contributed by atoms with Gasteiger partial charge in [0.05, 0.1) is 13.2 Å². The van der Waals surface area contributed by atoms with Gasteiger partial charge in [0, 0.05) is 12.8 Å². The molecule has 342 valence electrons. The van der Waals surface area contributed by atoms with E-state index in [0.717, 1.165) is 103 Å². The summed E-state index contributed by atoms with van der Waals surface area (Å²) in [7, 11) is -4.77. The summed E-state index contributed by atoms with van der Waals surface area (Å²) in [5.41, 5.74) is 0. The zero-order chi connectivity index (χ0) is 44.2. The van der Waals surface area contributed by atoms with Crippen molar-refractivity contribution >= 4 is 25.7 Å². The molecule has 0 heterocycles. The molecule has 0 bridgehead atoms. The average molecular weight is 862 g/mol. The number of amides is 1. The molecule has 4 N–H and O–H groups in total. The van der Waals surface area contributed by atoms with Crippen molar-refractivity contribution in [1.82, 2.24) is 5.32 Å². The molecule has 3 atom stereocenters. The maximum atomic E-state index is 12.3. The quantitative estimate of drug-likeness (QED) is 0.0201. The van der Waals surface area contributed by atoms with Crippen molar-refractivity contribution in [2.75, 3.05) is 19.8 Å². The standard InChI is InChI=1S/C48H80NO10P/c1-3-5-7-9-11-13-15-17-18-19-20-21-22-23-24-25-26-28-29-31-33-35-37-39-46(51)49-45(48(53)54)43-59-60(55,56)58-42-44(50)41-57-47(52)40-38-36-34-32-30-27-16-14-12-10-8-6-4-2/h5,7,11,13-14,16-18,20-21,23-24,26,28,44-45,50H,3-4,6,8-10,12,15,19,22,25,27,29-43H2,1-2H3,(H,49,51)(H,53,54)(H,55,56)/b7-5-,13-11-,16-14-,18-17-,21-20-,24-23-,28-26-. The van der Waals surface area contributed by atoms with E-state index < -0.39 is 57.6 Å². The molecule has 0 aromatic rings. The van der Waals surface area contributed by atoms with Gasteiger partial charge in [0.25, 0.3) is 0 Å². The number of carboxylic acids is 1. The van der Waals surface area contributed by atoms with Crippen LogP contribution in [0.15, 0.2) is 85.1 Å². The maximum absolute atomic E-state index is 12.3. The predicted molar refractivity (Wildman–Crippen MR) is 244 cm³/mol. The van der Waals surface area contributed by atoms with Gasteiger partial charge in [-0.2, -0.15) is 0 Å².